The first-order valence-corrected chi connectivity index (χ1v) is 8.11. The topological polar surface area (TPSA) is 76.7 Å². The Morgan fingerprint density at radius 3 is 2.38 bits per heavy atom. The van der Waals surface area contributed by atoms with Crippen LogP contribution in [0.2, 0.25) is 0 Å². The highest BCUT2D eigenvalue weighted by molar-refractivity contribution is 7.09. The molecule has 2 aromatic rings. The fraction of sp³-hybridized carbons (Fsp3) is 0.353. The Morgan fingerprint density at radius 1 is 1.25 bits per heavy atom. The summed E-state index contributed by atoms with van der Waals surface area (Å²) in [5.41, 5.74) is 1.81. The standard InChI is InChI=1S/C17H19N3O3S/c1-11-10-24-17(20-11)13(7-18)9-19-8-12-5-14(21-2)16(23-4)15(6-12)22-3/h5-6,9-10,13H,8H2,1-4H3/t13-/m0/s1. The molecule has 0 saturated heterocycles. The van der Waals surface area contributed by atoms with Crippen LogP contribution in [0.1, 0.15) is 22.2 Å². The predicted octanol–water partition coefficient (Wildman–Crippen LogP) is 3.36. The predicted molar refractivity (Wildman–Crippen MR) is 93.5 cm³/mol. The smallest absolute Gasteiger partial charge is 0.203 e. The molecule has 0 amide bonds. The second kappa shape index (κ2) is 8.31. The van der Waals surface area contributed by atoms with Crippen molar-refractivity contribution in [3.8, 4) is 23.3 Å². The van der Waals surface area contributed by atoms with Crippen LogP contribution < -0.4 is 14.2 Å². The Morgan fingerprint density at radius 2 is 1.92 bits per heavy atom. The van der Waals surface area contributed by atoms with Crippen LogP contribution in [0.5, 0.6) is 17.2 Å². The van der Waals surface area contributed by atoms with Crippen LogP contribution in [0.25, 0.3) is 0 Å². The maximum atomic E-state index is 9.29. The third-order valence-corrected chi connectivity index (χ3v) is 4.34. The number of aliphatic imine (C=N–C) groups is 1. The molecule has 0 fully saturated rings. The van der Waals surface area contributed by atoms with Gasteiger partial charge in [0.15, 0.2) is 11.5 Å². The SMILES string of the molecule is COc1cc(CN=C[C@H](C#N)c2nc(C)cs2)cc(OC)c1OC. The Kier molecular flexibility index (Phi) is 6.15. The molecule has 24 heavy (non-hydrogen) atoms. The molecule has 6 nitrogen and oxygen atoms in total. The fourth-order valence-corrected chi connectivity index (χ4v) is 2.96. The molecule has 7 heteroatoms. The minimum Gasteiger partial charge on any atom is -0.493 e. The zero-order valence-electron chi connectivity index (χ0n) is 14.1. The number of ether oxygens (including phenoxy) is 3. The molecule has 1 heterocycles. The van der Waals surface area contributed by atoms with Crippen molar-refractivity contribution < 1.29 is 14.2 Å². The lowest BCUT2D eigenvalue weighted by molar-refractivity contribution is 0.324. The number of methoxy groups -OCH3 is 3. The van der Waals surface area contributed by atoms with E-state index in [9.17, 15) is 5.26 Å². The van der Waals surface area contributed by atoms with E-state index in [1.165, 1.54) is 11.3 Å². The summed E-state index contributed by atoms with van der Waals surface area (Å²) in [6.45, 7) is 2.31. The summed E-state index contributed by atoms with van der Waals surface area (Å²) in [5, 5.41) is 12.0. The first-order chi connectivity index (χ1) is 11.6. The van der Waals surface area contributed by atoms with Gasteiger partial charge in [0.25, 0.3) is 0 Å². The summed E-state index contributed by atoms with van der Waals surface area (Å²) >= 11 is 1.46. The number of nitriles is 1. The van der Waals surface area contributed by atoms with Crippen LogP contribution in [-0.2, 0) is 6.54 Å². The Hall–Kier alpha value is -2.59. The minimum absolute atomic E-state index is 0.402. The summed E-state index contributed by atoms with van der Waals surface area (Å²) in [6.07, 6.45) is 1.63. The number of thiazole rings is 1. The minimum atomic E-state index is -0.439. The Balaban J connectivity index is 2.17. The molecule has 0 bridgehead atoms. The summed E-state index contributed by atoms with van der Waals surface area (Å²) in [4.78, 5) is 8.71. The van der Waals surface area contributed by atoms with E-state index in [4.69, 9.17) is 14.2 Å². The van der Waals surface area contributed by atoms with Gasteiger partial charge < -0.3 is 14.2 Å². The molecule has 0 aliphatic rings. The van der Waals surface area contributed by atoms with Gasteiger partial charge in [0.05, 0.1) is 33.9 Å². The average Bonchev–Trinajstić information content (AvgIpc) is 3.03. The molecule has 0 spiro atoms. The number of aromatic nitrogens is 1. The summed E-state index contributed by atoms with van der Waals surface area (Å²) in [5.74, 6) is 1.26. The van der Waals surface area contributed by atoms with Crippen LogP contribution in [0.3, 0.4) is 0 Å². The van der Waals surface area contributed by atoms with Gasteiger partial charge in [0, 0.05) is 17.3 Å². The highest BCUT2D eigenvalue weighted by Crippen LogP contribution is 2.38. The average molecular weight is 345 g/mol. The van der Waals surface area contributed by atoms with E-state index in [0.717, 1.165) is 16.3 Å². The van der Waals surface area contributed by atoms with Crippen molar-refractivity contribution in [2.45, 2.75) is 19.4 Å². The highest BCUT2D eigenvalue weighted by Gasteiger charge is 2.14. The molecule has 1 aromatic carbocycles. The molecule has 1 atom stereocenters. The normalized spacial score (nSPS) is 12.0. The number of benzene rings is 1. The number of hydrogen-bond donors (Lipinski definition) is 0. The van der Waals surface area contributed by atoms with E-state index in [1.54, 1.807) is 27.5 Å². The molecular weight excluding hydrogens is 326 g/mol. The van der Waals surface area contributed by atoms with Crippen LogP contribution in [-0.4, -0.2) is 32.5 Å². The molecule has 0 aliphatic carbocycles. The van der Waals surface area contributed by atoms with Crippen molar-refractivity contribution in [1.29, 1.82) is 5.26 Å². The molecule has 2 rings (SSSR count). The first kappa shape index (κ1) is 17.8. The van der Waals surface area contributed by atoms with Gasteiger partial charge in [0.1, 0.15) is 10.9 Å². The molecule has 0 aliphatic heterocycles. The Bertz CT molecular complexity index is 740. The molecule has 0 unspecified atom stereocenters. The van der Waals surface area contributed by atoms with E-state index in [0.29, 0.717) is 23.8 Å². The van der Waals surface area contributed by atoms with Crippen molar-refractivity contribution in [1.82, 2.24) is 4.98 Å². The number of nitrogens with zero attached hydrogens (tertiary/aromatic N) is 3. The summed E-state index contributed by atoms with van der Waals surface area (Å²) in [7, 11) is 4.70. The second-order valence-electron chi connectivity index (χ2n) is 4.96. The van der Waals surface area contributed by atoms with Gasteiger partial charge in [0.2, 0.25) is 5.75 Å². The largest absolute Gasteiger partial charge is 0.493 e. The number of rotatable bonds is 7. The zero-order valence-corrected chi connectivity index (χ0v) is 14.9. The van der Waals surface area contributed by atoms with E-state index in [1.807, 2.05) is 24.4 Å². The maximum absolute atomic E-state index is 9.29. The molecule has 1 aromatic heterocycles. The summed E-state index contributed by atoms with van der Waals surface area (Å²) < 4.78 is 15.9. The van der Waals surface area contributed by atoms with Crippen LogP contribution >= 0.6 is 11.3 Å². The van der Waals surface area contributed by atoms with Crippen molar-refractivity contribution in [2.75, 3.05) is 21.3 Å². The van der Waals surface area contributed by atoms with Gasteiger partial charge in [-0.05, 0) is 24.6 Å². The zero-order chi connectivity index (χ0) is 17.5. The number of aryl methyl sites for hydroxylation is 1. The number of hydrogen-bond acceptors (Lipinski definition) is 7. The van der Waals surface area contributed by atoms with Gasteiger partial charge >= 0.3 is 0 Å². The monoisotopic (exact) mass is 345 g/mol. The highest BCUT2D eigenvalue weighted by atomic mass is 32.1. The van der Waals surface area contributed by atoms with Gasteiger partial charge in [-0.3, -0.25) is 4.99 Å². The van der Waals surface area contributed by atoms with E-state index < -0.39 is 5.92 Å². The quantitative estimate of drug-likeness (QED) is 0.719. The van der Waals surface area contributed by atoms with Crippen molar-refractivity contribution >= 4 is 17.6 Å². The van der Waals surface area contributed by atoms with Gasteiger partial charge in [-0.1, -0.05) is 0 Å². The molecule has 126 valence electrons. The van der Waals surface area contributed by atoms with Gasteiger partial charge in [-0.25, -0.2) is 4.98 Å². The fourth-order valence-electron chi connectivity index (χ4n) is 2.16. The first-order valence-electron chi connectivity index (χ1n) is 7.23. The van der Waals surface area contributed by atoms with Gasteiger partial charge in [-0.15, -0.1) is 11.3 Å². The molecular formula is C17H19N3O3S. The van der Waals surface area contributed by atoms with Crippen LogP contribution in [0, 0.1) is 18.3 Å². The maximum Gasteiger partial charge on any atom is 0.203 e. The Labute approximate surface area is 145 Å². The molecule has 0 N–H and O–H groups in total. The van der Waals surface area contributed by atoms with E-state index in [-0.39, 0.29) is 0 Å². The van der Waals surface area contributed by atoms with Crippen molar-refractivity contribution in [3.63, 3.8) is 0 Å². The lowest BCUT2D eigenvalue weighted by Gasteiger charge is -2.13. The third kappa shape index (κ3) is 4.03. The summed E-state index contributed by atoms with van der Waals surface area (Å²) in [6, 6.07) is 5.89. The van der Waals surface area contributed by atoms with Crippen molar-refractivity contribution in [3.05, 3.63) is 33.8 Å². The molecule has 0 saturated carbocycles. The van der Waals surface area contributed by atoms with Crippen LogP contribution in [0.15, 0.2) is 22.5 Å². The van der Waals surface area contributed by atoms with E-state index in [2.05, 4.69) is 16.0 Å². The van der Waals surface area contributed by atoms with Crippen LogP contribution in [0.4, 0.5) is 0 Å². The van der Waals surface area contributed by atoms with Crippen molar-refractivity contribution in [2.24, 2.45) is 4.99 Å². The van der Waals surface area contributed by atoms with E-state index >= 15 is 0 Å². The molecule has 0 radical (unpaired) electrons. The third-order valence-electron chi connectivity index (χ3n) is 3.29. The van der Waals surface area contributed by atoms with Gasteiger partial charge in [-0.2, -0.15) is 5.26 Å². The lowest BCUT2D eigenvalue weighted by atomic mass is 10.1. The second-order valence-corrected chi connectivity index (χ2v) is 5.85. The lowest BCUT2D eigenvalue weighted by Crippen LogP contribution is -1.99.